The predicted molar refractivity (Wildman–Crippen MR) is 91.9 cm³/mol. The van der Waals surface area contributed by atoms with Crippen LogP contribution in [0.5, 0.6) is 5.75 Å². The lowest BCUT2D eigenvalue weighted by Crippen LogP contribution is -2.19. The van der Waals surface area contributed by atoms with Crippen molar-refractivity contribution in [3.05, 3.63) is 78.4 Å². The van der Waals surface area contributed by atoms with Crippen molar-refractivity contribution >= 4 is 17.7 Å². The molecule has 5 heteroatoms. The summed E-state index contributed by atoms with van der Waals surface area (Å²) in [6.45, 7) is 3.15. The van der Waals surface area contributed by atoms with Gasteiger partial charge >= 0.3 is 11.9 Å². The van der Waals surface area contributed by atoms with Crippen molar-refractivity contribution in [3.63, 3.8) is 0 Å². The molecule has 0 atom stereocenters. The lowest BCUT2D eigenvalue weighted by atomic mass is 10.1. The number of carbonyl (C=O) groups excluding carboxylic acids is 3. The molecule has 0 aliphatic carbocycles. The van der Waals surface area contributed by atoms with E-state index in [1.165, 1.54) is 0 Å². The first-order chi connectivity index (χ1) is 12.0. The third kappa shape index (κ3) is 6.43. The number of benzene rings is 2. The minimum Gasteiger partial charge on any atom is -0.454 e. The van der Waals surface area contributed by atoms with Crippen LogP contribution in [0.25, 0.3) is 0 Å². The Kier molecular flexibility index (Phi) is 6.65. The second kappa shape index (κ2) is 9.17. The Hall–Kier alpha value is -3.21. The lowest BCUT2D eigenvalue weighted by Gasteiger charge is -2.07. The second-order valence-electron chi connectivity index (χ2n) is 5.34. The molecular weight excluding hydrogens is 320 g/mol. The van der Waals surface area contributed by atoms with Gasteiger partial charge in [-0.1, -0.05) is 55.1 Å². The molecule has 2 aromatic carbocycles. The van der Waals surface area contributed by atoms with Crippen molar-refractivity contribution in [1.29, 1.82) is 0 Å². The van der Waals surface area contributed by atoms with Gasteiger partial charge in [0.1, 0.15) is 5.75 Å². The number of hydrogen-bond acceptors (Lipinski definition) is 5. The summed E-state index contributed by atoms with van der Waals surface area (Å²) in [5, 5.41) is 0. The van der Waals surface area contributed by atoms with E-state index in [0.29, 0.717) is 5.75 Å². The van der Waals surface area contributed by atoms with Gasteiger partial charge in [0.2, 0.25) is 0 Å². The molecule has 0 heterocycles. The van der Waals surface area contributed by atoms with Crippen LogP contribution in [0.1, 0.15) is 12.0 Å². The Bertz CT molecular complexity index is 750. The molecule has 0 aromatic heterocycles. The smallest absolute Gasteiger partial charge is 0.334 e. The van der Waals surface area contributed by atoms with E-state index in [1.807, 2.05) is 30.3 Å². The predicted octanol–water partition coefficient (Wildman–Crippen LogP) is 2.89. The molecular formula is C20H18O5. The maximum absolute atomic E-state index is 11.8. The highest BCUT2D eigenvalue weighted by molar-refractivity contribution is 5.95. The zero-order chi connectivity index (χ0) is 18.1. The summed E-state index contributed by atoms with van der Waals surface area (Å²) in [4.78, 5) is 35.4. The van der Waals surface area contributed by atoms with Crippen LogP contribution < -0.4 is 4.74 Å². The summed E-state index contributed by atoms with van der Waals surface area (Å²) in [6, 6.07) is 17.6. The normalized spacial score (nSPS) is 9.92. The molecule has 0 N–H and O–H groups in total. The molecule has 0 spiro atoms. The molecule has 0 saturated heterocycles. The maximum atomic E-state index is 11.8. The number of ether oxygens (including phenoxy) is 2. The van der Waals surface area contributed by atoms with E-state index in [-0.39, 0.29) is 30.8 Å². The average molecular weight is 338 g/mol. The Labute approximate surface area is 145 Å². The van der Waals surface area contributed by atoms with Gasteiger partial charge in [-0.3, -0.25) is 9.59 Å². The average Bonchev–Trinajstić information content (AvgIpc) is 2.61. The van der Waals surface area contributed by atoms with Gasteiger partial charge in [-0.2, -0.15) is 0 Å². The Balaban J connectivity index is 1.73. The zero-order valence-electron chi connectivity index (χ0n) is 13.6. The molecule has 5 nitrogen and oxygen atoms in total. The van der Waals surface area contributed by atoms with Gasteiger partial charge in [-0.05, 0) is 17.7 Å². The fourth-order valence-corrected chi connectivity index (χ4v) is 2.03. The molecule has 0 amide bonds. The van der Waals surface area contributed by atoms with Crippen molar-refractivity contribution in [3.8, 4) is 5.75 Å². The summed E-state index contributed by atoms with van der Waals surface area (Å²) >= 11 is 0. The SMILES string of the molecule is C=C(CC(=O)Oc1ccccc1)C(=O)OCC(=O)Cc1ccccc1. The molecule has 2 rings (SSSR count). The van der Waals surface area contributed by atoms with Gasteiger partial charge < -0.3 is 9.47 Å². The largest absolute Gasteiger partial charge is 0.454 e. The van der Waals surface area contributed by atoms with Crippen molar-refractivity contribution in [1.82, 2.24) is 0 Å². The van der Waals surface area contributed by atoms with Crippen LogP contribution in [0.4, 0.5) is 0 Å². The van der Waals surface area contributed by atoms with Crippen LogP contribution in [0.3, 0.4) is 0 Å². The summed E-state index contributed by atoms with van der Waals surface area (Å²) in [6.07, 6.45) is -0.128. The monoisotopic (exact) mass is 338 g/mol. The van der Waals surface area contributed by atoms with Crippen LogP contribution >= 0.6 is 0 Å². The first-order valence-electron chi connectivity index (χ1n) is 7.71. The highest BCUT2D eigenvalue weighted by Gasteiger charge is 2.16. The first-order valence-corrected chi connectivity index (χ1v) is 7.71. The van der Waals surface area contributed by atoms with Crippen molar-refractivity contribution < 1.29 is 23.9 Å². The summed E-state index contributed by atoms with van der Waals surface area (Å²) in [5.74, 6) is -1.26. The molecule has 0 aliphatic heterocycles. The number of esters is 2. The van der Waals surface area contributed by atoms with E-state index in [1.54, 1.807) is 30.3 Å². The fraction of sp³-hybridized carbons (Fsp3) is 0.150. The summed E-state index contributed by atoms with van der Waals surface area (Å²) in [7, 11) is 0. The zero-order valence-corrected chi connectivity index (χ0v) is 13.6. The van der Waals surface area contributed by atoms with Gasteiger partial charge in [0, 0.05) is 12.0 Å². The number of rotatable bonds is 8. The molecule has 128 valence electrons. The van der Waals surface area contributed by atoms with Crippen LogP contribution in [0.2, 0.25) is 0 Å². The van der Waals surface area contributed by atoms with Crippen LogP contribution in [0.15, 0.2) is 72.8 Å². The summed E-state index contributed by atoms with van der Waals surface area (Å²) < 4.78 is 9.96. The van der Waals surface area contributed by atoms with E-state index in [2.05, 4.69) is 6.58 Å². The van der Waals surface area contributed by atoms with E-state index >= 15 is 0 Å². The highest BCUT2D eigenvalue weighted by Crippen LogP contribution is 2.11. The second-order valence-corrected chi connectivity index (χ2v) is 5.34. The van der Waals surface area contributed by atoms with E-state index in [0.717, 1.165) is 5.56 Å². The third-order valence-electron chi connectivity index (χ3n) is 3.23. The van der Waals surface area contributed by atoms with Gasteiger partial charge in [0.05, 0.1) is 6.42 Å². The molecule has 0 saturated carbocycles. The topological polar surface area (TPSA) is 69.7 Å². The van der Waals surface area contributed by atoms with Crippen LogP contribution in [-0.4, -0.2) is 24.3 Å². The van der Waals surface area contributed by atoms with E-state index in [9.17, 15) is 14.4 Å². The van der Waals surface area contributed by atoms with Crippen LogP contribution in [-0.2, 0) is 25.5 Å². The molecule has 0 aliphatic rings. The standard InChI is InChI=1S/C20H18O5/c1-15(12-19(22)25-18-10-6-3-7-11-18)20(23)24-14-17(21)13-16-8-4-2-5-9-16/h2-11H,1,12-14H2. The molecule has 0 unspecified atom stereocenters. The van der Waals surface area contributed by atoms with Crippen LogP contribution in [0, 0.1) is 0 Å². The minimum absolute atomic E-state index is 0.0616. The lowest BCUT2D eigenvalue weighted by molar-refractivity contribution is -0.145. The number of carbonyl (C=O) groups is 3. The third-order valence-corrected chi connectivity index (χ3v) is 3.23. The van der Waals surface area contributed by atoms with Gasteiger partial charge in [0.15, 0.2) is 12.4 Å². The fourth-order valence-electron chi connectivity index (χ4n) is 2.03. The van der Waals surface area contributed by atoms with Gasteiger partial charge in [0.25, 0.3) is 0 Å². The molecule has 0 radical (unpaired) electrons. The Morgan fingerprint density at radius 3 is 2.12 bits per heavy atom. The van der Waals surface area contributed by atoms with E-state index < -0.39 is 11.9 Å². The number of Topliss-reactive ketones (excluding diaryl/α,β-unsaturated/α-hetero) is 1. The molecule has 0 bridgehead atoms. The van der Waals surface area contributed by atoms with Gasteiger partial charge in [-0.15, -0.1) is 0 Å². The quantitative estimate of drug-likeness (QED) is 0.420. The first kappa shape index (κ1) is 18.1. The molecule has 2 aromatic rings. The van der Waals surface area contributed by atoms with E-state index in [4.69, 9.17) is 9.47 Å². The van der Waals surface area contributed by atoms with Crippen molar-refractivity contribution in [2.75, 3.05) is 6.61 Å². The number of para-hydroxylation sites is 1. The number of hydrogen-bond donors (Lipinski definition) is 0. The summed E-state index contributed by atoms with van der Waals surface area (Å²) in [5.41, 5.74) is 0.780. The maximum Gasteiger partial charge on any atom is 0.334 e. The highest BCUT2D eigenvalue weighted by atomic mass is 16.5. The molecule has 25 heavy (non-hydrogen) atoms. The van der Waals surface area contributed by atoms with Crippen molar-refractivity contribution in [2.45, 2.75) is 12.8 Å². The Morgan fingerprint density at radius 2 is 1.48 bits per heavy atom. The Morgan fingerprint density at radius 1 is 0.880 bits per heavy atom. The molecule has 0 fully saturated rings. The van der Waals surface area contributed by atoms with Crippen molar-refractivity contribution in [2.24, 2.45) is 0 Å². The minimum atomic E-state index is -0.786. The van der Waals surface area contributed by atoms with Gasteiger partial charge in [-0.25, -0.2) is 4.79 Å². The number of ketones is 1.